The van der Waals surface area contributed by atoms with Gasteiger partial charge in [-0.25, -0.2) is 25.9 Å². The fourth-order valence-electron chi connectivity index (χ4n) is 3.75. The van der Waals surface area contributed by atoms with Gasteiger partial charge in [-0.3, -0.25) is 0 Å². The predicted octanol–water partition coefficient (Wildman–Crippen LogP) is 3.17. The number of halogens is 1. The van der Waals surface area contributed by atoms with E-state index in [0.717, 1.165) is 31.0 Å². The van der Waals surface area contributed by atoms with E-state index in [1.807, 2.05) is 0 Å². The average molecular weight is 456 g/mol. The number of fused-ring (bicyclic) bond motifs is 2. The van der Waals surface area contributed by atoms with E-state index in [1.54, 1.807) is 6.92 Å². The highest BCUT2D eigenvalue weighted by atomic mass is 32.2. The molecule has 4 rings (SSSR count). The van der Waals surface area contributed by atoms with E-state index >= 15 is 0 Å². The average Bonchev–Trinajstić information content (AvgIpc) is 2.69. The number of sulfone groups is 1. The molecule has 0 amide bonds. The molecule has 0 unspecified atom stereocenters. The van der Waals surface area contributed by atoms with Gasteiger partial charge in [0.1, 0.15) is 27.1 Å². The van der Waals surface area contributed by atoms with Gasteiger partial charge >= 0.3 is 0 Å². The van der Waals surface area contributed by atoms with Crippen LogP contribution in [-0.4, -0.2) is 36.6 Å². The van der Waals surface area contributed by atoms with Crippen LogP contribution in [0.25, 0.3) is 0 Å². The minimum Gasteiger partial charge on any atom is -0.455 e. The van der Waals surface area contributed by atoms with Gasteiger partial charge in [0.05, 0.1) is 4.90 Å². The van der Waals surface area contributed by atoms with Gasteiger partial charge in [0.2, 0.25) is 19.9 Å². The lowest BCUT2D eigenvalue weighted by Crippen LogP contribution is -2.28. The van der Waals surface area contributed by atoms with Gasteiger partial charge in [-0.05, 0) is 68.0 Å². The first-order valence-electron chi connectivity index (χ1n) is 9.63. The molecular weight excluding hydrogens is 433 g/mol. The van der Waals surface area contributed by atoms with E-state index in [1.165, 1.54) is 12.1 Å². The number of benzene rings is 2. The molecule has 0 aliphatic carbocycles. The highest BCUT2D eigenvalue weighted by Gasteiger charge is 2.34. The summed E-state index contributed by atoms with van der Waals surface area (Å²) in [5.41, 5.74) is 0.355. The summed E-state index contributed by atoms with van der Waals surface area (Å²) in [6, 6.07) is 5.68. The molecule has 10 heteroatoms. The smallest absolute Gasteiger partial charge is 0.240 e. The van der Waals surface area contributed by atoms with Gasteiger partial charge in [0, 0.05) is 19.8 Å². The van der Waals surface area contributed by atoms with Crippen LogP contribution in [0.3, 0.4) is 0 Å². The minimum absolute atomic E-state index is 0.00786. The van der Waals surface area contributed by atoms with Crippen LogP contribution in [-0.2, 0) is 24.6 Å². The molecule has 2 aromatic rings. The Labute approximate surface area is 175 Å². The van der Waals surface area contributed by atoms with Crippen molar-refractivity contribution in [3.05, 3.63) is 41.7 Å². The van der Waals surface area contributed by atoms with Crippen molar-refractivity contribution in [3.63, 3.8) is 0 Å². The van der Waals surface area contributed by atoms with Gasteiger partial charge in [0.15, 0.2) is 0 Å². The fourth-order valence-corrected chi connectivity index (χ4v) is 6.64. The molecule has 0 aromatic heterocycles. The van der Waals surface area contributed by atoms with Crippen molar-refractivity contribution < 1.29 is 30.7 Å². The van der Waals surface area contributed by atoms with Gasteiger partial charge in [-0.1, -0.05) is 0 Å². The maximum atomic E-state index is 13.6. The van der Waals surface area contributed by atoms with Crippen molar-refractivity contribution in [2.75, 3.05) is 19.8 Å². The molecular formula is C20H22FNO6S2. The molecule has 0 radical (unpaired) electrons. The molecule has 2 aliphatic heterocycles. The third-order valence-corrected chi connectivity index (χ3v) is 8.82. The monoisotopic (exact) mass is 455 g/mol. The van der Waals surface area contributed by atoms with Crippen LogP contribution in [0.15, 0.2) is 45.0 Å². The minimum atomic E-state index is -4.13. The normalized spacial score (nSPS) is 18.3. The van der Waals surface area contributed by atoms with Crippen LogP contribution in [0.4, 0.5) is 4.39 Å². The highest BCUT2D eigenvalue weighted by molar-refractivity contribution is 7.92. The predicted molar refractivity (Wildman–Crippen MR) is 106 cm³/mol. The first-order valence-corrected chi connectivity index (χ1v) is 12.6. The summed E-state index contributed by atoms with van der Waals surface area (Å²) in [6.07, 6.45) is 2.47. The third kappa shape index (κ3) is 3.96. The Kier molecular flexibility index (Phi) is 5.60. The molecule has 7 nitrogen and oxygen atoms in total. The standard InChI is InChI=1S/C20H22FNO6S2/c1-13-10-17-20(29(23,24)19-11-15(21)2-3-16(19)28-17)12-18(13)30(25,26)22-7-4-14-5-8-27-9-6-14/h2-3,10-12,14,22H,4-9H2,1H3. The maximum absolute atomic E-state index is 13.6. The fraction of sp³-hybridized carbons (Fsp3) is 0.400. The van der Waals surface area contributed by atoms with E-state index in [4.69, 9.17) is 9.47 Å². The van der Waals surface area contributed by atoms with E-state index in [2.05, 4.69) is 4.72 Å². The molecule has 1 N–H and O–H groups in total. The Morgan fingerprint density at radius 1 is 1.10 bits per heavy atom. The third-order valence-electron chi connectivity index (χ3n) is 5.42. The summed E-state index contributed by atoms with van der Waals surface area (Å²) in [5, 5.41) is 0. The highest BCUT2D eigenvalue weighted by Crippen LogP contribution is 2.44. The van der Waals surface area contributed by atoms with Crippen LogP contribution in [0, 0.1) is 18.7 Å². The Balaban J connectivity index is 1.62. The van der Waals surface area contributed by atoms with Gasteiger partial charge in [0.25, 0.3) is 0 Å². The van der Waals surface area contributed by atoms with Crippen molar-refractivity contribution in [1.29, 1.82) is 0 Å². The van der Waals surface area contributed by atoms with Gasteiger partial charge in [-0.2, -0.15) is 0 Å². The van der Waals surface area contributed by atoms with E-state index in [9.17, 15) is 21.2 Å². The lowest BCUT2D eigenvalue weighted by atomic mass is 9.97. The topological polar surface area (TPSA) is 98.8 Å². The molecule has 2 aliphatic rings. The lowest BCUT2D eigenvalue weighted by Gasteiger charge is -2.23. The second-order valence-corrected chi connectivity index (χ2v) is 11.1. The summed E-state index contributed by atoms with van der Waals surface area (Å²) in [6.45, 7) is 3.19. The van der Waals surface area contributed by atoms with Crippen LogP contribution >= 0.6 is 0 Å². The maximum Gasteiger partial charge on any atom is 0.240 e. The number of sulfonamides is 1. The zero-order valence-electron chi connectivity index (χ0n) is 16.4. The van der Waals surface area contributed by atoms with E-state index in [-0.39, 0.29) is 32.7 Å². The Morgan fingerprint density at radius 3 is 2.53 bits per heavy atom. The molecule has 0 spiro atoms. The largest absolute Gasteiger partial charge is 0.455 e. The molecule has 0 saturated carbocycles. The van der Waals surface area contributed by atoms with Gasteiger partial charge in [-0.15, -0.1) is 0 Å². The molecule has 2 aromatic carbocycles. The Morgan fingerprint density at radius 2 is 1.80 bits per heavy atom. The molecule has 0 bridgehead atoms. The van der Waals surface area contributed by atoms with Crippen molar-refractivity contribution in [2.24, 2.45) is 5.92 Å². The number of hydrogen-bond donors (Lipinski definition) is 1. The summed E-state index contributed by atoms with van der Waals surface area (Å²) in [4.78, 5) is -0.758. The molecule has 1 fully saturated rings. The zero-order chi connectivity index (χ0) is 21.5. The molecule has 1 saturated heterocycles. The Hall–Kier alpha value is -2.01. The number of hydrogen-bond acceptors (Lipinski definition) is 6. The van der Waals surface area contributed by atoms with Crippen LogP contribution in [0.1, 0.15) is 24.8 Å². The Bertz CT molecular complexity index is 1190. The molecule has 0 atom stereocenters. The van der Waals surface area contributed by atoms with Crippen molar-refractivity contribution in [3.8, 4) is 11.5 Å². The number of rotatable bonds is 5. The molecule has 162 valence electrons. The number of aryl methyl sites for hydroxylation is 1. The van der Waals surface area contributed by atoms with E-state index < -0.39 is 25.7 Å². The van der Waals surface area contributed by atoms with E-state index in [0.29, 0.717) is 31.1 Å². The quantitative estimate of drug-likeness (QED) is 0.635. The van der Waals surface area contributed by atoms with Crippen molar-refractivity contribution in [1.82, 2.24) is 4.72 Å². The van der Waals surface area contributed by atoms with Crippen LogP contribution < -0.4 is 9.46 Å². The second kappa shape index (κ2) is 7.92. The first kappa shape index (κ1) is 21.2. The van der Waals surface area contributed by atoms with Crippen LogP contribution in [0.5, 0.6) is 11.5 Å². The summed E-state index contributed by atoms with van der Waals surface area (Å²) in [5.74, 6) is -0.299. The number of nitrogens with one attached hydrogen (secondary N) is 1. The lowest BCUT2D eigenvalue weighted by molar-refractivity contribution is 0.0644. The summed E-state index contributed by atoms with van der Waals surface area (Å²) in [7, 11) is -8.07. The molecule has 2 heterocycles. The summed E-state index contributed by atoms with van der Waals surface area (Å²) >= 11 is 0. The SMILES string of the molecule is Cc1cc2c(cc1S(=O)(=O)NCCC1CCOCC1)S(=O)(=O)c1cc(F)ccc1O2. The van der Waals surface area contributed by atoms with Gasteiger partial charge < -0.3 is 9.47 Å². The molecule has 30 heavy (non-hydrogen) atoms. The first-order chi connectivity index (χ1) is 14.2. The summed E-state index contributed by atoms with van der Waals surface area (Å²) < 4.78 is 78.8. The van der Waals surface area contributed by atoms with Crippen LogP contribution in [0.2, 0.25) is 0 Å². The van der Waals surface area contributed by atoms with Crippen molar-refractivity contribution >= 4 is 19.9 Å². The van der Waals surface area contributed by atoms with Crippen molar-refractivity contribution in [2.45, 2.75) is 40.9 Å². The zero-order valence-corrected chi connectivity index (χ0v) is 18.0. The number of ether oxygens (including phenoxy) is 2. The second-order valence-electron chi connectivity index (χ2n) is 7.50.